The van der Waals surface area contributed by atoms with Gasteiger partial charge in [0.2, 0.25) is 0 Å². The molecule has 6 nitrogen and oxygen atoms in total. The predicted octanol–water partition coefficient (Wildman–Crippen LogP) is 5.51. The summed E-state index contributed by atoms with van der Waals surface area (Å²) >= 11 is 0. The quantitative estimate of drug-likeness (QED) is 0.234. The summed E-state index contributed by atoms with van der Waals surface area (Å²) in [7, 11) is -1.17. The molecule has 3 aromatic carbocycles. The number of carbonyl (C=O) groups excluding carboxylic acids is 1. The van der Waals surface area contributed by atoms with Crippen LogP contribution in [0.4, 0.5) is 0 Å². The van der Waals surface area contributed by atoms with Crippen LogP contribution in [-0.2, 0) is 30.0 Å². The number of hydrogen-bond donors (Lipinski definition) is 0. The maximum Gasteiger partial charge on any atom is 0.303 e. The van der Waals surface area contributed by atoms with E-state index >= 15 is 0 Å². The highest BCUT2D eigenvalue weighted by Gasteiger charge is 2.52. The molecule has 0 spiro atoms. The van der Waals surface area contributed by atoms with Crippen LogP contribution < -0.4 is 15.1 Å². The van der Waals surface area contributed by atoms with Crippen molar-refractivity contribution in [1.82, 2.24) is 0 Å². The van der Waals surface area contributed by atoms with Gasteiger partial charge in [-0.3, -0.25) is 4.79 Å². The number of methoxy groups -OCH3 is 1. The minimum Gasteiger partial charge on any atom is -0.497 e. The molecular weight excluding hydrogens is 532 g/mol. The fourth-order valence-corrected chi connectivity index (χ4v) is 10.4. The van der Waals surface area contributed by atoms with E-state index in [0.717, 1.165) is 11.3 Å². The van der Waals surface area contributed by atoms with E-state index in [4.69, 9.17) is 23.4 Å². The molecule has 0 N–H and O–H groups in total. The first-order chi connectivity index (χ1) is 19.6. The highest BCUT2D eigenvalue weighted by atomic mass is 28.4. The van der Waals surface area contributed by atoms with E-state index in [2.05, 4.69) is 76.2 Å². The molecule has 1 saturated heterocycles. The van der Waals surface area contributed by atoms with Gasteiger partial charge in [0.15, 0.2) is 6.10 Å². The number of esters is 1. The van der Waals surface area contributed by atoms with Crippen molar-refractivity contribution in [1.29, 1.82) is 0 Å². The minimum atomic E-state index is -2.82. The molecule has 1 heterocycles. The maximum absolute atomic E-state index is 12.4. The normalized spacial score (nSPS) is 23.1. The third-order valence-corrected chi connectivity index (χ3v) is 13.1. The van der Waals surface area contributed by atoms with E-state index in [1.807, 2.05) is 43.3 Å². The molecule has 5 unspecified atom stereocenters. The monoisotopic (exact) mass is 576 g/mol. The number of rotatable bonds is 10. The molecule has 4 rings (SSSR count). The van der Waals surface area contributed by atoms with Gasteiger partial charge in [-0.05, 0) is 40.0 Å². The van der Waals surface area contributed by atoms with Crippen molar-refractivity contribution in [3.05, 3.63) is 90.5 Å². The average Bonchev–Trinajstić information content (AvgIpc) is 2.96. The van der Waals surface area contributed by atoms with Crippen molar-refractivity contribution < 1.29 is 28.2 Å². The summed E-state index contributed by atoms with van der Waals surface area (Å²) in [6, 6.07) is 28.8. The predicted molar refractivity (Wildman–Crippen MR) is 164 cm³/mol. The van der Waals surface area contributed by atoms with E-state index in [0.29, 0.717) is 6.61 Å². The van der Waals surface area contributed by atoms with Gasteiger partial charge < -0.3 is 23.4 Å². The topological polar surface area (TPSA) is 63.2 Å². The van der Waals surface area contributed by atoms with Crippen LogP contribution in [0.5, 0.6) is 5.75 Å². The fourth-order valence-electron chi connectivity index (χ4n) is 5.85. The Morgan fingerprint density at radius 3 is 1.90 bits per heavy atom. The number of hydrogen-bond acceptors (Lipinski definition) is 6. The second-order valence-corrected chi connectivity index (χ2v) is 16.2. The standard InChI is InChI=1S/C34H44O6Si/c1-24-25(2)39-31(33(40-26(3)35)32(24)37-22-27-18-20-28(36-7)21-19-27)23-38-41(34(4,5)6,29-14-10-8-11-15-29)30-16-12-9-13-17-30/h8-21,24-25,31-33H,22-23H2,1-7H3. The van der Waals surface area contributed by atoms with Gasteiger partial charge in [-0.2, -0.15) is 0 Å². The Morgan fingerprint density at radius 1 is 0.854 bits per heavy atom. The zero-order valence-corrected chi connectivity index (χ0v) is 26.3. The van der Waals surface area contributed by atoms with Gasteiger partial charge in [-0.25, -0.2) is 0 Å². The summed E-state index contributed by atoms with van der Waals surface area (Å²) in [5.74, 6) is 0.427. The van der Waals surface area contributed by atoms with Crippen molar-refractivity contribution in [3.63, 3.8) is 0 Å². The molecule has 0 bridgehead atoms. The van der Waals surface area contributed by atoms with Gasteiger partial charge >= 0.3 is 5.97 Å². The molecule has 0 radical (unpaired) electrons. The Morgan fingerprint density at radius 2 is 1.41 bits per heavy atom. The third-order valence-electron chi connectivity index (χ3n) is 8.12. The molecule has 1 aliphatic heterocycles. The lowest BCUT2D eigenvalue weighted by atomic mass is 9.88. The van der Waals surface area contributed by atoms with Crippen LogP contribution >= 0.6 is 0 Å². The second kappa shape index (κ2) is 13.3. The Hall–Kier alpha value is -2.97. The van der Waals surface area contributed by atoms with Crippen LogP contribution in [0.25, 0.3) is 0 Å². The first kappa shape index (κ1) is 31.0. The van der Waals surface area contributed by atoms with Gasteiger partial charge in [-0.1, -0.05) is 100 Å². The molecule has 0 aliphatic carbocycles. The smallest absolute Gasteiger partial charge is 0.303 e. The molecule has 3 aromatic rings. The van der Waals surface area contributed by atoms with E-state index in [9.17, 15) is 4.79 Å². The molecule has 0 amide bonds. The van der Waals surface area contributed by atoms with E-state index < -0.39 is 20.5 Å². The summed E-state index contributed by atoms with van der Waals surface area (Å²) in [5, 5.41) is 2.18. The van der Waals surface area contributed by atoms with Gasteiger partial charge in [0, 0.05) is 12.8 Å². The van der Waals surface area contributed by atoms with Gasteiger partial charge in [0.05, 0.1) is 26.4 Å². The zero-order valence-electron chi connectivity index (χ0n) is 25.3. The zero-order chi connectivity index (χ0) is 29.6. The van der Waals surface area contributed by atoms with Crippen LogP contribution in [-0.4, -0.2) is 52.4 Å². The van der Waals surface area contributed by atoms with Crippen LogP contribution in [0.3, 0.4) is 0 Å². The second-order valence-electron chi connectivity index (χ2n) is 11.9. The average molecular weight is 577 g/mol. The first-order valence-corrected chi connectivity index (χ1v) is 16.3. The number of carbonyl (C=O) groups is 1. The van der Waals surface area contributed by atoms with Gasteiger partial charge in [0.1, 0.15) is 18.0 Å². The Kier molecular flexibility index (Phi) is 10.1. The maximum atomic E-state index is 12.4. The molecule has 220 valence electrons. The molecule has 1 fully saturated rings. The molecule has 1 aliphatic rings. The molecule has 0 aromatic heterocycles. The highest BCUT2D eigenvalue weighted by Crippen LogP contribution is 2.38. The molecule has 0 saturated carbocycles. The Bertz CT molecular complexity index is 1200. The van der Waals surface area contributed by atoms with Crippen molar-refractivity contribution in [2.75, 3.05) is 13.7 Å². The van der Waals surface area contributed by atoms with Crippen molar-refractivity contribution in [2.45, 2.75) is 77.6 Å². The van der Waals surface area contributed by atoms with Crippen LogP contribution in [0.2, 0.25) is 5.04 Å². The van der Waals surface area contributed by atoms with Crippen LogP contribution in [0.15, 0.2) is 84.9 Å². The lowest BCUT2D eigenvalue weighted by Crippen LogP contribution is -2.68. The van der Waals surface area contributed by atoms with Crippen molar-refractivity contribution >= 4 is 24.7 Å². The van der Waals surface area contributed by atoms with Crippen LogP contribution in [0.1, 0.15) is 47.1 Å². The SMILES string of the molecule is COc1ccc(COC2C(C)C(C)OC(CO[Si](c3ccccc3)(c3ccccc3)C(C)(C)C)C2OC(C)=O)cc1. The van der Waals surface area contributed by atoms with Crippen molar-refractivity contribution in [2.24, 2.45) is 5.92 Å². The molecular formula is C34H44O6Si. The van der Waals surface area contributed by atoms with E-state index in [-0.39, 0.29) is 35.7 Å². The molecule has 41 heavy (non-hydrogen) atoms. The molecule has 5 atom stereocenters. The Labute approximate surface area is 246 Å². The highest BCUT2D eigenvalue weighted by molar-refractivity contribution is 6.99. The summed E-state index contributed by atoms with van der Waals surface area (Å²) in [4.78, 5) is 12.4. The lowest BCUT2D eigenvalue weighted by Gasteiger charge is -2.47. The fraction of sp³-hybridized carbons (Fsp3) is 0.441. The minimum absolute atomic E-state index is 0.00159. The van der Waals surface area contributed by atoms with Crippen molar-refractivity contribution in [3.8, 4) is 5.75 Å². The van der Waals surface area contributed by atoms with Crippen LogP contribution in [0, 0.1) is 5.92 Å². The molecule has 7 heteroatoms. The van der Waals surface area contributed by atoms with E-state index in [1.165, 1.54) is 17.3 Å². The lowest BCUT2D eigenvalue weighted by molar-refractivity contribution is -0.228. The number of ether oxygens (including phenoxy) is 4. The first-order valence-electron chi connectivity index (χ1n) is 14.4. The summed E-state index contributed by atoms with van der Waals surface area (Å²) < 4.78 is 31.4. The number of benzene rings is 3. The van der Waals surface area contributed by atoms with E-state index in [1.54, 1.807) is 7.11 Å². The summed E-state index contributed by atoms with van der Waals surface area (Å²) in [6.45, 7) is 13.0. The summed E-state index contributed by atoms with van der Waals surface area (Å²) in [5.41, 5.74) is 1.01. The van der Waals surface area contributed by atoms with Gasteiger partial charge in [0.25, 0.3) is 8.32 Å². The van der Waals surface area contributed by atoms with Gasteiger partial charge in [-0.15, -0.1) is 0 Å². The largest absolute Gasteiger partial charge is 0.497 e. The third kappa shape index (κ3) is 6.92. The Balaban J connectivity index is 1.66. The summed E-state index contributed by atoms with van der Waals surface area (Å²) in [6.07, 6.45) is -1.59.